The number of aliphatic carboxylic acids is 1. The van der Waals surface area contributed by atoms with Crippen molar-refractivity contribution >= 4 is 29.6 Å². The van der Waals surface area contributed by atoms with E-state index in [1.54, 1.807) is 0 Å². The number of urea groups is 1. The van der Waals surface area contributed by atoms with Gasteiger partial charge < -0.3 is 25.2 Å². The van der Waals surface area contributed by atoms with Gasteiger partial charge in [-0.05, 0) is 48.0 Å². The molecule has 1 atom stereocenters. The molecular weight excluding hydrogens is 649 g/mol. The van der Waals surface area contributed by atoms with E-state index in [0.29, 0.717) is 18.2 Å². The van der Waals surface area contributed by atoms with E-state index in [4.69, 9.17) is 9.90 Å². The lowest BCUT2D eigenvalue weighted by Crippen LogP contribution is -2.35. The van der Waals surface area contributed by atoms with Crippen LogP contribution >= 0.6 is 0 Å². The van der Waals surface area contributed by atoms with E-state index in [1.165, 1.54) is 0 Å². The number of ether oxygens (including phenoxy) is 2. The molecule has 2 aromatic carbocycles. The number of nitrogens with zero attached hydrogens (tertiary/aromatic N) is 1. The van der Waals surface area contributed by atoms with Crippen molar-refractivity contribution in [3.63, 3.8) is 0 Å². The number of carbonyl (C=O) groups excluding carboxylic acids is 3. The number of hydrogen-bond acceptors (Lipinski definition) is 7. The van der Waals surface area contributed by atoms with E-state index in [-0.39, 0.29) is 22.4 Å². The van der Waals surface area contributed by atoms with Gasteiger partial charge in [-0.15, -0.1) is 0 Å². The van der Waals surface area contributed by atoms with Crippen molar-refractivity contribution in [2.75, 3.05) is 19.5 Å². The number of alkyl halides is 9. The number of carbonyl (C=O) groups is 4. The number of methoxy groups -OCH3 is 2. The highest BCUT2D eigenvalue weighted by Crippen LogP contribution is 2.36. The highest BCUT2D eigenvalue weighted by Gasteiger charge is 2.39. The lowest BCUT2D eigenvalue weighted by Gasteiger charge is -2.23. The molecule has 0 aliphatic heterocycles. The van der Waals surface area contributed by atoms with Crippen LogP contribution in [0.1, 0.15) is 49.1 Å². The molecular formula is C27H20F9N3O7. The molecule has 1 heterocycles. The van der Waals surface area contributed by atoms with Crippen molar-refractivity contribution in [2.24, 2.45) is 0 Å². The minimum Gasteiger partial charge on any atom is -0.475 e. The third-order valence-corrected chi connectivity index (χ3v) is 5.54. The fourth-order valence-electron chi connectivity index (χ4n) is 3.53. The van der Waals surface area contributed by atoms with Crippen molar-refractivity contribution in [2.45, 2.75) is 24.6 Å². The Kier molecular flexibility index (Phi) is 11.7. The number of carboxylic acids is 1. The first-order valence-electron chi connectivity index (χ1n) is 12.1. The Labute approximate surface area is 252 Å². The largest absolute Gasteiger partial charge is 0.490 e. The molecule has 0 aliphatic carbocycles. The summed E-state index contributed by atoms with van der Waals surface area (Å²) < 4.78 is 121. The van der Waals surface area contributed by atoms with Gasteiger partial charge >= 0.3 is 42.5 Å². The predicted octanol–water partition coefficient (Wildman–Crippen LogP) is 6.24. The number of benzene rings is 2. The molecule has 3 rings (SSSR count). The van der Waals surface area contributed by atoms with E-state index in [0.717, 1.165) is 56.8 Å². The predicted molar refractivity (Wildman–Crippen MR) is 137 cm³/mol. The minimum atomic E-state index is -5.08. The van der Waals surface area contributed by atoms with Crippen molar-refractivity contribution in [3.8, 4) is 0 Å². The molecule has 0 radical (unpaired) electrons. The van der Waals surface area contributed by atoms with Gasteiger partial charge in [0.15, 0.2) is 0 Å². The van der Waals surface area contributed by atoms with Gasteiger partial charge in [-0.3, -0.25) is 4.98 Å². The molecule has 0 spiro atoms. The second-order valence-corrected chi connectivity index (χ2v) is 8.67. The van der Waals surface area contributed by atoms with Gasteiger partial charge in [0.2, 0.25) is 0 Å². The zero-order chi connectivity index (χ0) is 35.0. The average Bonchev–Trinajstić information content (AvgIpc) is 2.98. The van der Waals surface area contributed by atoms with Crippen molar-refractivity contribution in [1.29, 1.82) is 0 Å². The molecule has 3 aromatic rings. The number of esters is 2. The van der Waals surface area contributed by atoms with Crippen molar-refractivity contribution < 1.29 is 73.3 Å². The Morgan fingerprint density at radius 2 is 1.28 bits per heavy atom. The SMILES string of the molecule is COC(=O)c1cc(NC(=O)N[C@@H](c2ccc(C(F)(F)F)cc2)c2ncccc2C(F)(F)F)cc(C(=O)OC)c1.O=C(O)C(F)(F)F. The third-order valence-electron chi connectivity index (χ3n) is 5.54. The Hall–Kier alpha value is -5.36. The number of carboxylic acid groups (broad SMARTS) is 1. The fourth-order valence-corrected chi connectivity index (χ4v) is 3.53. The Bertz CT molecular complexity index is 1540. The molecule has 2 amide bonds. The number of rotatable bonds is 6. The zero-order valence-corrected chi connectivity index (χ0v) is 23.1. The van der Waals surface area contributed by atoms with E-state index in [2.05, 4.69) is 25.1 Å². The lowest BCUT2D eigenvalue weighted by molar-refractivity contribution is -0.192. The molecule has 0 bridgehead atoms. The number of anilines is 1. The maximum absolute atomic E-state index is 13.7. The van der Waals surface area contributed by atoms with Crippen LogP contribution in [0, 0.1) is 0 Å². The normalized spacial score (nSPS) is 12.2. The summed E-state index contributed by atoms with van der Waals surface area (Å²) in [4.78, 5) is 49.5. The fraction of sp³-hybridized carbons (Fsp3) is 0.222. The molecule has 3 N–H and O–H groups in total. The van der Waals surface area contributed by atoms with Gasteiger partial charge in [0.1, 0.15) is 0 Å². The summed E-state index contributed by atoms with van der Waals surface area (Å²) in [6.45, 7) is 0. The number of amides is 2. The van der Waals surface area contributed by atoms with Gasteiger partial charge in [0.25, 0.3) is 0 Å². The van der Waals surface area contributed by atoms with Gasteiger partial charge in [-0.2, -0.15) is 39.5 Å². The topological polar surface area (TPSA) is 144 Å². The Morgan fingerprint density at radius 3 is 1.70 bits per heavy atom. The number of hydrogen-bond donors (Lipinski definition) is 3. The number of aromatic nitrogens is 1. The maximum atomic E-state index is 13.7. The van der Waals surface area contributed by atoms with Crippen LogP contribution < -0.4 is 10.6 Å². The first-order valence-corrected chi connectivity index (χ1v) is 12.1. The number of nitrogens with one attached hydrogen (secondary N) is 2. The quantitative estimate of drug-likeness (QED) is 0.207. The standard InChI is InChI=1S/C25H19F6N3O5.C2HF3O2/c1-38-21(35)14-10-15(22(36)39-2)12-17(11-14)33-23(37)34-19(13-5-7-16(8-6-13)24(26,27)28)20-18(25(29,30)31)4-3-9-32-20;3-2(4,5)1(6)7/h3-12,19H,1-2H3,(H2,33,34,37);(H,6,7)/t19-;/m0./s1. The van der Waals surface area contributed by atoms with Gasteiger partial charge in [0, 0.05) is 11.9 Å². The molecule has 0 fully saturated rings. The average molecular weight is 669 g/mol. The van der Waals surface area contributed by atoms with Gasteiger partial charge in [-0.1, -0.05) is 12.1 Å². The molecule has 0 unspecified atom stereocenters. The van der Waals surface area contributed by atoms with E-state index < -0.39 is 65.3 Å². The van der Waals surface area contributed by atoms with Crippen LogP contribution in [0.5, 0.6) is 0 Å². The maximum Gasteiger partial charge on any atom is 0.490 e. The van der Waals surface area contributed by atoms with Crippen molar-refractivity contribution in [1.82, 2.24) is 10.3 Å². The summed E-state index contributed by atoms with van der Waals surface area (Å²) in [7, 11) is 2.15. The van der Waals surface area contributed by atoms with Crippen molar-refractivity contribution in [3.05, 3.63) is 94.3 Å². The van der Waals surface area contributed by atoms with Crippen LogP contribution in [0.4, 0.5) is 50.0 Å². The zero-order valence-electron chi connectivity index (χ0n) is 23.1. The van der Waals surface area contributed by atoms with Crippen LogP contribution in [0.2, 0.25) is 0 Å². The second kappa shape index (κ2) is 14.6. The molecule has 248 valence electrons. The summed E-state index contributed by atoms with van der Waals surface area (Å²) in [6.07, 6.45) is -13.7. The van der Waals surface area contributed by atoms with Gasteiger partial charge in [0.05, 0.1) is 48.2 Å². The second-order valence-electron chi connectivity index (χ2n) is 8.67. The van der Waals surface area contributed by atoms with Crippen LogP contribution in [-0.4, -0.2) is 54.4 Å². The minimum absolute atomic E-state index is 0.138. The molecule has 19 heteroatoms. The summed E-state index contributed by atoms with van der Waals surface area (Å²) in [5.41, 5.74) is -3.55. The van der Waals surface area contributed by atoms with Crippen LogP contribution in [0.3, 0.4) is 0 Å². The van der Waals surface area contributed by atoms with Gasteiger partial charge in [-0.25, -0.2) is 19.2 Å². The summed E-state index contributed by atoms with van der Waals surface area (Å²) in [6, 6.07) is 5.47. The molecule has 0 aliphatic rings. The molecule has 1 aromatic heterocycles. The molecule has 0 saturated heterocycles. The van der Waals surface area contributed by atoms with Crippen LogP contribution in [0.15, 0.2) is 60.8 Å². The Balaban J connectivity index is 0.000000942. The van der Waals surface area contributed by atoms with E-state index in [9.17, 15) is 53.9 Å². The van der Waals surface area contributed by atoms with E-state index >= 15 is 0 Å². The molecule has 46 heavy (non-hydrogen) atoms. The third kappa shape index (κ3) is 10.1. The summed E-state index contributed by atoms with van der Waals surface area (Å²) in [5.74, 6) is -4.49. The summed E-state index contributed by atoms with van der Waals surface area (Å²) >= 11 is 0. The molecule has 0 saturated carbocycles. The Morgan fingerprint density at radius 1 is 0.783 bits per heavy atom. The van der Waals surface area contributed by atoms with Crippen LogP contribution in [-0.2, 0) is 26.6 Å². The highest BCUT2D eigenvalue weighted by atomic mass is 19.4. The lowest BCUT2D eigenvalue weighted by atomic mass is 9.98. The highest BCUT2D eigenvalue weighted by molar-refractivity contribution is 5.99. The first kappa shape index (κ1) is 36.8. The van der Waals surface area contributed by atoms with Crippen LogP contribution in [0.25, 0.3) is 0 Å². The smallest absolute Gasteiger partial charge is 0.475 e. The number of halogens is 9. The summed E-state index contributed by atoms with van der Waals surface area (Å²) in [5, 5.41) is 11.7. The first-order chi connectivity index (χ1) is 21.2. The van der Waals surface area contributed by atoms with E-state index in [1.807, 2.05) is 0 Å². The monoisotopic (exact) mass is 669 g/mol. The molecule has 10 nitrogen and oxygen atoms in total. The number of pyridine rings is 1.